The Labute approximate surface area is 145 Å². The van der Waals surface area contributed by atoms with Crippen LogP contribution >= 0.6 is 0 Å². The molecule has 0 aromatic carbocycles. The van der Waals surface area contributed by atoms with Gasteiger partial charge in [-0.3, -0.25) is 0 Å². The van der Waals surface area contributed by atoms with Crippen molar-refractivity contribution < 1.29 is 131 Å². The summed E-state index contributed by atoms with van der Waals surface area (Å²) in [5.74, 6) is 0. The van der Waals surface area contributed by atoms with Gasteiger partial charge in [-0.15, -0.1) is 0 Å². The van der Waals surface area contributed by atoms with E-state index < -0.39 is 18.3 Å². The van der Waals surface area contributed by atoms with Crippen LogP contribution in [-0.4, -0.2) is 27.9 Å². The zero-order valence-corrected chi connectivity index (χ0v) is 13.8. The third-order valence-corrected chi connectivity index (χ3v) is 0. The Kier molecular flexibility index (Phi) is 40.2. The molecule has 0 saturated heterocycles. The Balaban J connectivity index is -0.0000000300. The fourth-order valence-electron chi connectivity index (χ4n) is 0. The fraction of sp³-hybridized carbons (Fsp3) is 0. The van der Waals surface area contributed by atoms with Crippen LogP contribution in [0.2, 0.25) is 0 Å². The van der Waals surface area contributed by atoms with Crippen molar-refractivity contribution >= 4 is 18.3 Å². The average Bonchev–Trinajstić information content (AvgIpc) is 1.25. The first-order chi connectivity index (χ1) is 3.46. The molecule has 0 aromatic rings. The molecule has 0 heterocycles. The minimum absolute atomic E-state index is 0. The van der Waals surface area contributed by atoms with Crippen LogP contribution in [0.3, 0.4) is 0 Å². The molecule has 0 bridgehead atoms. The van der Waals surface area contributed by atoms with Gasteiger partial charge in [0.25, 0.3) is 0 Å². The molecular formula is H2K2O6Si2. The minimum Gasteiger partial charge on any atom is -0.604 e. The van der Waals surface area contributed by atoms with Crippen molar-refractivity contribution in [3.63, 3.8) is 0 Å². The Morgan fingerprint density at radius 3 is 0.900 bits per heavy atom. The van der Waals surface area contributed by atoms with Gasteiger partial charge in [-0.1, -0.05) is 0 Å². The smallest absolute Gasteiger partial charge is 0.604 e. The van der Waals surface area contributed by atoms with Gasteiger partial charge in [-0.05, 0) is 0 Å². The van der Waals surface area contributed by atoms with Crippen molar-refractivity contribution in [1.82, 2.24) is 0 Å². The fourth-order valence-corrected chi connectivity index (χ4v) is 0. The summed E-state index contributed by atoms with van der Waals surface area (Å²) >= 11 is 0. The van der Waals surface area contributed by atoms with Crippen LogP contribution in [0, 0.1) is 0 Å². The summed E-state index contributed by atoms with van der Waals surface area (Å²) in [7, 11) is -6.76. The van der Waals surface area contributed by atoms with Crippen molar-refractivity contribution in [3.05, 3.63) is 0 Å². The van der Waals surface area contributed by atoms with Gasteiger partial charge in [0.15, 0.2) is 0 Å². The maximum Gasteiger partial charge on any atom is 1.00 e. The molecule has 0 aliphatic rings. The Morgan fingerprint density at radius 2 is 0.900 bits per heavy atom. The van der Waals surface area contributed by atoms with E-state index in [1.54, 1.807) is 0 Å². The van der Waals surface area contributed by atoms with Crippen LogP contribution < -0.4 is 112 Å². The predicted octanol–water partition coefficient (Wildman–Crippen LogP) is -10.5. The molecule has 0 unspecified atom stereocenters. The average molecular weight is 232 g/mol. The molecule has 0 aliphatic carbocycles. The van der Waals surface area contributed by atoms with E-state index in [-0.39, 0.29) is 103 Å². The summed E-state index contributed by atoms with van der Waals surface area (Å²) in [6.07, 6.45) is 0. The summed E-state index contributed by atoms with van der Waals surface area (Å²) in [5.41, 5.74) is 0. The van der Waals surface area contributed by atoms with Gasteiger partial charge >= 0.3 is 121 Å². The van der Waals surface area contributed by atoms with E-state index in [4.69, 9.17) is 28.1 Å². The van der Waals surface area contributed by atoms with Crippen molar-refractivity contribution in [3.8, 4) is 0 Å². The van der Waals surface area contributed by atoms with Crippen molar-refractivity contribution in [2.24, 2.45) is 0 Å². The molecule has 0 rings (SSSR count). The Bertz CT molecular complexity index is 71.7. The SMILES string of the molecule is O=[Si]([O-])O.O=[Si]([O-])O.[K+].[K+]. The molecule has 0 aliphatic heterocycles. The van der Waals surface area contributed by atoms with Crippen LogP contribution in [0.4, 0.5) is 0 Å². The topological polar surface area (TPSA) is 121 Å². The van der Waals surface area contributed by atoms with Crippen LogP contribution in [0.5, 0.6) is 0 Å². The summed E-state index contributed by atoms with van der Waals surface area (Å²) in [4.78, 5) is 31.4. The molecule has 0 spiro atoms. The van der Waals surface area contributed by atoms with Gasteiger partial charge < -0.3 is 28.1 Å². The van der Waals surface area contributed by atoms with Crippen LogP contribution in [0.1, 0.15) is 0 Å². The summed E-state index contributed by atoms with van der Waals surface area (Å²) in [5, 5.41) is 0. The molecule has 0 amide bonds. The molecular weight excluding hydrogens is 230 g/mol. The molecule has 10 heteroatoms. The van der Waals surface area contributed by atoms with Crippen molar-refractivity contribution in [2.45, 2.75) is 0 Å². The molecule has 0 fully saturated rings. The van der Waals surface area contributed by atoms with Gasteiger partial charge in [0.05, 0.1) is 0 Å². The second-order valence-electron chi connectivity index (χ2n) is 0.532. The molecule has 0 saturated carbocycles. The number of hydrogen-bond acceptors (Lipinski definition) is 4. The second-order valence-corrected chi connectivity index (χ2v) is 1.60. The normalized spacial score (nSPS) is 4.80. The maximum atomic E-state index is 8.63. The van der Waals surface area contributed by atoms with Crippen LogP contribution in [-0.2, 0) is 8.92 Å². The number of hydrogen-bond donors (Lipinski definition) is 2. The van der Waals surface area contributed by atoms with Crippen LogP contribution in [0.25, 0.3) is 0 Å². The van der Waals surface area contributed by atoms with E-state index in [1.807, 2.05) is 0 Å². The van der Waals surface area contributed by atoms with Gasteiger partial charge in [0.1, 0.15) is 0 Å². The zero-order chi connectivity index (χ0) is 7.15. The standard InChI is InChI=1S/2K.2HO3Si/c;;2*1-4(2)3/h;;2*1H/q2*+1;2*-1. The molecule has 0 radical (unpaired) electrons. The zero-order valence-electron chi connectivity index (χ0n) is 5.53. The molecule has 6 nitrogen and oxygen atoms in total. The van der Waals surface area contributed by atoms with Gasteiger partial charge in [0, 0.05) is 0 Å². The summed E-state index contributed by atoms with van der Waals surface area (Å²) < 4.78 is 17.3. The quantitative estimate of drug-likeness (QED) is 0.400. The van der Waals surface area contributed by atoms with E-state index in [2.05, 4.69) is 0 Å². The van der Waals surface area contributed by atoms with E-state index in [0.717, 1.165) is 0 Å². The predicted molar refractivity (Wildman–Crippen MR) is 17.3 cm³/mol. The maximum absolute atomic E-state index is 8.63. The molecule has 48 valence electrons. The van der Waals surface area contributed by atoms with Crippen LogP contribution in [0.15, 0.2) is 0 Å². The third-order valence-electron chi connectivity index (χ3n) is 0. The van der Waals surface area contributed by atoms with E-state index in [0.29, 0.717) is 0 Å². The van der Waals surface area contributed by atoms with Crippen molar-refractivity contribution in [2.75, 3.05) is 0 Å². The second kappa shape index (κ2) is 17.6. The Hall–Kier alpha value is 2.51. The van der Waals surface area contributed by atoms with E-state index in [1.165, 1.54) is 0 Å². The first kappa shape index (κ1) is 22.9. The van der Waals surface area contributed by atoms with E-state index in [9.17, 15) is 0 Å². The first-order valence-corrected chi connectivity index (χ1v) is 3.79. The largest absolute Gasteiger partial charge is 1.00 e. The Morgan fingerprint density at radius 1 is 0.900 bits per heavy atom. The van der Waals surface area contributed by atoms with Gasteiger partial charge in [0.2, 0.25) is 0 Å². The van der Waals surface area contributed by atoms with Crippen molar-refractivity contribution in [1.29, 1.82) is 0 Å². The monoisotopic (exact) mass is 232 g/mol. The molecule has 0 aromatic heterocycles. The molecule has 10 heavy (non-hydrogen) atoms. The summed E-state index contributed by atoms with van der Waals surface area (Å²) in [6.45, 7) is 0. The van der Waals surface area contributed by atoms with Gasteiger partial charge in [-0.2, -0.15) is 0 Å². The summed E-state index contributed by atoms with van der Waals surface area (Å²) in [6, 6.07) is 0. The van der Waals surface area contributed by atoms with Gasteiger partial charge in [-0.25, -0.2) is 0 Å². The molecule has 0 atom stereocenters. The molecule has 2 N–H and O–H groups in total. The first-order valence-electron chi connectivity index (χ1n) is 1.26. The minimum atomic E-state index is -3.38. The third kappa shape index (κ3) is 151. The van der Waals surface area contributed by atoms with E-state index >= 15 is 0 Å². The number of rotatable bonds is 0.